The molecule has 0 unspecified atom stereocenters. The van der Waals surface area contributed by atoms with E-state index in [0.717, 1.165) is 0 Å². The fraction of sp³-hybridized carbons (Fsp3) is 0.857. The van der Waals surface area contributed by atoms with E-state index < -0.39 is 6.61 Å². The monoisotopic (exact) mass is 196 g/mol. The molecule has 0 saturated heterocycles. The number of hydrogen-bond donors (Lipinski definition) is 1. The summed E-state index contributed by atoms with van der Waals surface area (Å²) in [5.74, 6) is 0.127. The van der Waals surface area contributed by atoms with Crippen molar-refractivity contribution in [3.63, 3.8) is 0 Å². The van der Waals surface area contributed by atoms with Gasteiger partial charge in [-0.3, -0.25) is 4.79 Å². The minimum Gasteiger partial charge on any atom is -0.388 e. The van der Waals surface area contributed by atoms with Crippen molar-refractivity contribution in [1.29, 1.82) is 0 Å². The second-order valence-electron chi connectivity index (χ2n) is 2.05. The highest BCUT2D eigenvalue weighted by molar-refractivity contribution is 6.17. The number of alkyl halides is 1. The van der Waals surface area contributed by atoms with E-state index in [1.807, 2.05) is 0 Å². The molecule has 0 rings (SSSR count). The maximum atomic E-state index is 10.5. The van der Waals surface area contributed by atoms with E-state index in [2.05, 4.69) is 0 Å². The van der Waals surface area contributed by atoms with Gasteiger partial charge in [0.2, 0.25) is 0 Å². The van der Waals surface area contributed by atoms with Gasteiger partial charge < -0.3 is 14.6 Å². The largest absolute Gasteiger partial charge is 0.388 e. The van der Waals surface area contributed by atoms with E-state index in [1.54, 1.807) is 0 Å². The summed E-state index contributed by atoms with van der Waals surface area (Å²) in [4.78, 5) is 10.5. The Morgan fingerprint density at radius 2 is 1.92 bits per heavy atom. The summed E-state index contributed by atoms with van der Waals surface area (Å²) < 4.78 is 9.82. The minimum atomic E-state index is -0.470. The molecule has 72 valence electrons. The van der Waals surface area contributed by atoms with Crippen LogP contribution in [0.15, 0.2) is 0 Å². The van der Waals surface area contributed by atoms with E-state index in [-0.39, 0.29) is 12.4 Å². The maximum absolute atomic E-state index is 10.5. The summed E-state index contributed by atoms with van der Waals surface area (Å²) in [7, 11) is 0. The molecule has 1 N–H and O–H groups in total. The van der Waals surface area contributed by atoms with Crippen molar-refractivity contribution in [1.82, 2.24) is 0 Å². The van der Waals surface area contributed by atoms with Gasteiger partial charge in [-0.2, -0.15) is 0 Å². The molecular formula is C7H13ClO4. The van der Waals surface area contributed by atoms with Gasteiger partial charge in [0.1, 0.15) is 13.2 Å². The molecule has 5 heteroatoms. The van der Waals surface area contributed by atoms with Crippen LogP contribution in [0.5, 0.6) is 0 Å². The summed E-state index contributed by atoms with van der Waals surface area (Å²) in [5, 5.41) is 8.30. The molecule has 0 amide bonds. The van der Waals surface area contributed by atoms with Crippen LogP contribution in [0, 0.1) is 0 Å². The smallest absolute Gasteiger partial charge is 0.183 e. The number of ketones is 1. The van der Waals surface area contributed by atoms with Gasteiger partial charge in [0.15, 0.2) is 5.78 Å². The van der Waals surface area contributed by atoms with E-state index in [0.29, 0.717) is 25.7 Å². The molecule has 0 spiro atoms. The van der Waals surface area contributed by atoms with Gasteiger partial charge >= 0.3 is 0 Å². The molecule has 12 heavy (non-hydrogen) atoms. The third-order valence-electron chi connectivity index (χ3n) is 1.03. The molecule has 0 aromatic rings. The predicted molar refractivity (Wildman–Crippen MR) is 44.5 cm³/mol. The number of aliphatic hydroxyl groups excluding tert-OH is 1. The van der Waals surface area contributed by atoms with E-state index in [9.17, 15) is 4.79 Å². The van der Waals surface area contributed by atoms with Gasteiger partial charge in [-0.15, -0.1) is 11.6 Å². The Morgan fingerprint density at radius 1 is 1.25 bits per heavy atom. The maximum Gasteiger partial charge on any atom is 0.183 e. The Bertz CT molecular complexity index is 118. The number of ether oxygens (including phenoxy) is 2. The van der Waals surface area contributed by atoms with Crippen LogP contribution in [-0.2, 0) is 14.3 Å². The fourth-order valence-electron chi connectivity index (χ4n) is 0.506. The number of hydrogen-bond acceptors (Lipinski definition) is 4. The van der Waals surface area contributed by atoms with Crippen LogP contribution >= 0.6 is 11.6 Å². The summed E-state index contributed by atoms with van der Waals surface area (Å²) >= 11 is 5.33. The van der Waals surface area contributed by atoms with Crippen molar-refractivity contribution in [2.75, 3.05) is 38.9 Å². The Balaban J connectivity index is 2.95. The molecule has 0 aliphatic carbocycles. The number of carbonyl (C=O) groups is 1. The molecule has 0 aromatic carbocycles. The molecule has 0 radical (unpaired) electrons. The zero-order chi connectivity index (χ0) is 9.23. The van der Waals surface area contributed by atoms with Crippen LogP contribution in [0.3, 0.4) is 0 Å². The van der Waals surface area contributed by atoms with Crippen molar-refractivity contribution < 1.29 is 19.4 Å². The van der Waals surface area contributed by atoms with Gasteiger partial charge in [0.05, 0.1) is 19.8 Å². The number of rotatable bonds is 8. The normalized spacial score (nSPS) is 10.2. The summed E-state index contributed by atoms with van der Waals surface area (Å²) in [6.07, 6.45) is 0. The van der Waals surface area contributed by atoms with Crippen molar-refractivity contribution in [2.24, 2.45) is 0 Å². The van der Waals surface area contributed by atoms with E-state index in [1.165, 1.54) is 0 Å². The zero-order valence-corrected chi connectivity index (χ0v) is 7.55. The lowest BCUT2D eigenvalue weighted by Crippen LogP contribution is -2.15. The first-order chi connectivity index (χ1) is 5.81. The highest BCUT2D eigenvalue weighted by Gasteiger charge is 1.97. The highest BCUT2D eigenvalue weighted by atomic mass is 35.5. The second kappa shape index (κ2) is 8.93. The van der Waals surface area contributed by atoms with Gasteiger partial charge in [0, 0.05) is 5.88 Å². The van der Waals surface area contributed by atoms with E-state index in [4.69, 9.17) is 26.2 Å². The first-order valence-electron chi connectivity index (χ1n) is 3.65. The average Bonchev–Trinajstić information content (AvgIpc) is 2.10. The van der Waals surface area contributed by atoms with Crippen LogP contribution in [-0.4, -0.2) is 49.8 Å². The zero-order valence-electron chi connectivity index (χ0n) is 6.79. The van der Waals surface area contributed by atoms with Crippen LogP contribution in [0.4, 0.5) is 0 Å². The van der Waals surface area contributed by atoms with Gasteiger partial charge in [-0.05, 0) is 0 Å². The summed E-state index contributed by atoms with van der Waals surface area (Å²) in [6.45, 7) is 0.732. The number of aliphatic hydroxyl groups is 1. The van der Waals surface area contributed by atoms with Crippen molar-refractivity contribution >= 4 is 17.4 Å². The lowest BCUT2D eigenvalue weighted by atomic mass is 10.4. The average molecular weight is 197 g/mol. The van der Waals surface area contributed by atoms with Crippen molar-refractivity contribution in [2.45, 2.75) is 0 Å². The lowest BCUT2D eigenvalue weighted by molar-refractivity contribution is -0.126. The van der Waals surface area contributed by atoms with Crippen molar-refractivity contribution in [3.05, 3.63) is 0 Å². The van der Waals surface area contributed by atoms with Crippen LogP contribution in [0.2, 0.25) is 0 Å². The number of Topliss-reactive ketones (excluding diaryl/α,β-unsaturated/α-hetero) is 1. The molecule has 0 aromatic heterocycles. The molecule has 0 fully saturated rings. The number of halogens is 1. The first-order valence-corrected chi connectivity index (χ1v) is 4.18. The first kappa shape index (κ1) is 11.8. The Kier molecular flexibility index (Phi) is 8.81. The molecule has 0 aliphatic heterocycles. The van der Waals surface area contributed by atoms with Gasteiger partial charge in [-0.25, -0.2) is 0 Å². The quantitative estimate of drug-likeness (QED) is 0.432. The number of carbonyl (C=O) groups excluding carboxylic acids is 1. The highest BCUT2D eigenvalue weighted by Crippen LogP contribution is 1.81. The Morgan fingerprint density at radius 3 is 2.50 bits per heavy atom. The second-order valence-corrected chi connectivity index (χ2v) is 2.43. The minimum absolute atomic E-state index is 0.0548. The molecule has 4 nitrogen and oxygen atoms in total. The van der Waals surface area contributed by atoms with Gasteiger partial charge in [0.25, 0.3) is 0 Å². The third-order valence-corrected chi connectivity index (χ3v) is 1.19. The summed E-state index contributed by atoms with van der Waals surface area (Å²) in [6, 6.07) is 0. The SMILES string of the molecule is O=C(CO)COCCOCCCl. The molecular weight excluding hydrogens is 184 g/mol. The van der Waals surface area contributed by atoms with Crippen LogP contribution in [0.1, 0.15) is 0 Å². The van der Waals surface area contributed by atoms with Gasteiger partial charge in [-0.1, -0.05) is 0 Å². The molecule has 0 atom stereocenters. The molecule has 0 bridgehead atoms. The topological polar surface area (TPSA) is 55.8 Å². The Labute approximate surface area is 76.4 Å². The van der Waals surface area contributed by atoms with Crippen LogP contribution < -0.4 is 0 Å². The van der Waals surface area contributed by atoms with Crippen LogP contribution in [0.25, 0.3) is 0 Å². The molecule has 0 heterocycles. The van der Waals surface area contributed by atoms with Crippen molar-refractivity contribution in [3.8, 4) is 0 Å². The Hall–Kier alpha value is -0.160. The fourth-order valence-corrected chi connectivity index (χ4v) is 0.615. The predicted octanol–water partition coefficient (Wildman–Crippen LogP) is -0.180. The standard InChI is InChI=1S/C7H13ClO4/c8-1-2-11-3-4-12-6-7(10)5-9/h9H,1-6H2. The summed E-state index contributed by atoms with van der Waals surface area (Å²) in [5.41, 5.74) is 0. The molecule has 0 aliphatic rings. The molecule has 0 saturated carbocycles. The lowest BCUT2D eigenvalue weighted by Gasteiger charge is -2.02. The third kappa shape index (κ3) is 7.94. The van der Waals surface area contributed by atoms with E-state index >= 15 is 0 Å².